The van der Waals surface area contributed by atoms with E-state index in [9.17, 15) is 16.8 Å². The van der Waals surface area contributed by atoms with Crippen molar-refractivity contribution in [1.82, 2.24) is 4.90 Å². The zero-order chi connectivity index (χ0) is 10.8. The Hall–Kier alpha value is -0.180. The average molecular weight is 231 g/mol. The van der Waals surface area contributed by atoms with E-state index in [1.54, 1.807) is 0 Å². The molecule has 0 aliphatic rings. The summed E-state index contributed by atoms with van der Waals surface area (Å²) in [6.45, 7) is 2.55. The Morgan fingerprint density at radius 3 is 1.92 bits per heavy atom. The van der Waals surface area contributed by atoms with E-state index in [4.69, 9.17) is 4.55 Å². The molecule has 0 amide bonds. The monoisotopic (exact) mass is 231 g/mol. The van der Waals surface area contributed by atoms with Gasteiger partial charge in [0, 0.05) is 0 Å². The van der Waals surface area contributed by atoms with Crippen molar-refractivity contribution in [3.05, 3.63) is 0 Å². The number of hydrogen-bond acceptors (Lipinski definition) is 5. The van der Waals surface area contributed by atoms with E-state index in [1.165, 1.54) is 20.9 Å². The van der Waals surface area contributed by atoms with Crippen LogP contribution in [0.3, 0.4) is 0 Å². The highest BCUT2D eigenvalue weighted by molar-refractivity contribution is 7.86. The molecule has 0 saturated carbocycles. The van der Waals surface area contributed by atoms with E-state index < -0.39 is 31.6 Å². The molecular weight excluding hydrogens is 218 g/mol. The van der Waals surface area contributed by atoms with Crippen LogP contribution in [0.15, 0.2) is 0 Å². The molecular formula is C5H13NO5S2. The molecule has 0 aliphatic carbocycles. The fourth-order valence-electron chi connectivity index (χ4n) is 0.663. The molecule has 0 aromatic heterocycles. The van der Waals surface area contributed by atoms with Gasteiger partial charge in [-0.3, -0.25) is 9.45 Å². The summed E-state index contributed by atoms with van der Waals surface area (Å²) in [7, 11) is -5.64. The van der Waals surface area contributed by atoms with Gasteiger partial charge in [-0.05, 0) is 20.9 Å². The lowest BCUT2D eigenvalue weighted by Crippen LogP contribution is -2.42. The van der Waals surface area contributed by atoms with Crippen LogP contribution in [0.25, 0.3) is 0 Å². The zero-order valence-corrected chi connectivity index (χ0v) is 9.25. The van der Waals surface area contributed by atoms with Gasteiger partial charge in [0.2, 0.25) is 0 Å². The van der Waals surface area contributed by atoms with E-state index in [1.807, 2.05) is 0 Å². The first kappa shape index (κ1) is 12.8. The number of rotatable bonds is 4. The van der Waals surface area contributed by atoms with Crippen molar-refractivity contribution in [2.45, 2.75) is 24.6 Å². The molecule has 0 bridgehead atoms. The molecule has 0 saturated heterocycles. The third-order valence-electron chi connectivity index (χ3n) is 1.90. The molecule has 0 heterocycles. The van der Waals surface area contributed by atoms with Crippen molar-refractivity contribution in [3.63, 3.8) is 0 Å². The first-order valence-corrected chi connectivity index (χ1v) is 6.24. The third kappa shape index (κ3) is 3.59. The van der Waals surface area contributed by atoms with Crippen molar-refractivity contribution >= 4 is 20.8 Å². The molecule has 8 heteroatoms. The van der Waals surface area contributed by atoms with Gasteiger partial charge in [0.05, 0.1) is 0 Å². The summed E-state index contributed by atoms with van der Waals surface area (Å²) in [5, 5.41) is -2.15. The molecule has 0 aromatic carbocycles. The molecule has 0 radical (unpaired) electrons. The van der Waals surface area contributed by atoms with Gasteiger partial charge in [0.25, 0.3) is 10.1 Å². The molecule has 80 valence electrons. The minimum absolute atomic E-state index is 0.924. The molecule has 2 atom stereocenters. The Morgan fingerprint density at radius 1 is 1.31 bits per heavy atom. The van der Waals surface area contributed by atoms with Gasteiger partial charge in [-0.1, -0.05) is 0 Å². The van der Waals surface area contributed by atoms with Crippen molar-refractivity contribution in [3.8, 4) is 0 Å². The molecule has 6 nitrogen and oxygen atoms in total. The molecule has 0 aromatic rings. The van der Waals surface area contributed by atoms with Gasteiger partial charge >= 0.3 is 0 Å². The van der Waals surface area contributed by atoms with Crippen molar-refractivity contribution < 1.29 is 21.4 Å². The maximum absolute atomic E-state index is 10.6. The van der Waals surface area contributed by atoms with E-state index in [0.717, 1.165) is 4.90 Å². The van der Waals surface area contributed by atoms with Gasteiger partial charge in [0.15, 0.2) is 10.7 Å². The maximum atomic E-state index is 10.6. The van der Waals surface area contributed by atoms with Crippen LogP contribution in [0.1, 0.15) is 13.8 Å². The van der Waals surface area contributed by atoms with Crippen LogP contribution in [0.5, 0.6) is 0 Å². The fraction of sp³-hybridized carbons (Fsp3) is 1.00. The minimum atomic E-state index is -4.22. The van der Waals surface area contributed by atoms with Gasteiger partial charge in [-0.15, -0.1) is 0 Å². The van der Waals surface area contributed by atoms with Crippen LogP contribution in [0.2, 0.25) is 0 Å². The largest absolute Gasteiger partial charge is 0.284 e. The number of hydrogen-bond donors (Lipinski definition) is 2. The summed E-state index contributed by atoms with van der Waals surface area (Å²) in [6.07, 6.45) is 0. The standard InChI is InChI=1S/C5H13NO5S2/c1-4(12(7)8)6(3)5(2)13(9,10)11/h4-5,12H,1-3H3,(H,9,10,11). The Balaban J connectivity index is 4.72. The molecule has 2 unspecified atom stereocenters. The molecule has 0 fully saturated rings. The average Bonchev–Trinajstić information content (AvgIpc) is 1.98. The van der Waals surface area contributed by atoms with E-state index in [2.05, 4.69) is 0 Å². The predicted molar refractivity (Wildman–Crippen MR) is 48.6 cm³/mol. The highest BCUT2D eigenvalue weighted by atomic mass is 32.2. The Bertz CT molecular complexity index is 325. The van der Waals surface area contributed by atoms with Crippen LogP contribution in [-0.2, 0) is 20.8 Å². The van der Waals surface area contributed by atoms with E-state index in [0.29, 0.717) is 0 Å². The summed E-state index contributed by atoms with van der Waals surface area (Å²) in [4.78, 5) is 1.06. The Kier molecular flexibility index (Phi) is 4.30. The highest BCUT2D eigenvalue weighted by Gasteiger charge is 2.26. The SMILES string of the molecule is CC(N(C)C(C)S(=O)(=O)O)[SH](=O)=O. The van der Waals surface area contributed by atoms with Gasteiger partial charge in [-0.2, -0.15) is 8.42 Å². The quantitative estimate of drug-likeness (QED) is 0.482. The van der Waals surface area contributed by atoms with E-state index in [-0.39, 0.29) is 0 Å². The lowest BCUT2D eigenvalue weighted by atomic mass is 10.6. The number of nitrogens with zero attached hydrogens (tertiary/aromatic N) is 1. The third-order valence-corrected chi connectivity index (χ3v) is 4.07. The van der Waals surface area contributed by atoms with Crippen LogP contribution in [0, 0.1) is 0 Å². The lowest BCUT2D eigenvalue weighted by molar-refractivity contribution is 0.285. The number of thiol groups is 1. The van der Waals surface area contributed by atoms with Crippen LogP contribution < -0.4 is 0 Å². The Labute approximate surface area is 79.2 Å². The Morgan fingerprint density at radius 2 is 1.69 bits per heavy atom. The molecule has 0 aliphatic heterocycles. The zero-order valence-electron chi connectivity index (χ0n) is 7.54. The summed E-state index contributed by atoms with van der Waals surface area (Å²) in [5.74, 6) is 0. The van der Waals surface area contributed by atoms with Crippen LogP contribution in [0.4, 0.5) is 0 Å². The second kappa shape index (κ2) is 4.36. The van der Waals surface area contributed by atoms with Gasteiger partial charge in [-0.25, -0.2) is 8.42 Å². The van der Waals surface area contributed by atoms with Crippen molar-refractivity contribution in [2.24, 2.45) is 0 Å². The molecule has 1 N–H and O–H groups in total. The first-order valence-electron chi connectivity index (χ1n) is 3.49. The second-order valence-electron chi connectivity index (χ2n) is 2.70. The van der Waals surface area contributed by atoms with E-state index >= 15 is 0 Å². The predicted octanol–water partition coefficient (Wildman–Crippen LogP) is -0.891. The molecule has 0 rings (SSSR count). The molecule has 13 heavy (non-hydrogen) atoms. The van der Waals surface area contributed by atoms with Crippen LogP contribution in [-0.4, -0.2) is 44.1 Å². The maximum Gasteiger partial charge on any atom is 0.281 e. The highest BCUT2D eigenvalue weighted by Crippen LogP contribution is 2.07. The summed E-state index contributed by atoms with van der Waals surface area (Å²) in [5.41, 5.74) is 0. The normalized spacial score (nSPS) is 17.7. The van der Waals surface area contributed by atoms with Crippen LogP contribution >= 0.6 is 0 Å². The minimum Gasteiger partial charge on any atom is -0.284 e. The van der Waals surface area contributed by atoms with Gasteiger partial charge in [0.1, 0.15) is 10.7 Å². The first-order chi connectivity index (χ1) is 5.68. The molecule has 0 spiro atoms. The van der Waals surface area contributed by atoms with Crippen molar-refractivity contribution in [2.75, 3.05) is 7.05 Å². The topological polar surface area (TPSA) is 91.8 Å². The smallest absolute Gasteiger partial charge is 0.281 e. The summed E-state index contributed by atoms with van der Waals surface area (Å²) in [6, 6.07) is 0. The van der Waals surface area contributed by atoms with Gasteiger partial charge < -0.3 is 0 Å². The lowest BCUT2D eigenvalue weighted by Gasteiger charge is -2.24. The fourth-order valence-corrected chi connectivity index (χ4v) is 1.85. The second-order valence-corrected chi connectivity index (χ2v) is 5.73. The van der Waals surface area contributed by atoms with Crippen molar-refractivity contribution in [1.29, 1.82) is 0 Å². The summed E-state index contributed by atoms with van der Waals surface area (Å²) < 4.78 is 50.8. The summed E-state index contributed by atoms with van der Waals surface area (Å²) >= 11 is 0.